The molecule has 4 aromatic rings. The van der Waals surface area contributed by atoms with Gasteiger partial charge in [0.05, 0.1) is 25.7 Å². The van der Waals surface area contributed by atoms with Gasteiger partial charge in [0.25, 0.3) is 0 Å². The maximum Gasteiger partial charge on any atom is 0.408 e. The summed E-state index contributed by atoms with van der Waals surface area (Å²) in [5.74, 6) is -4.81. The number of benzene rings is 4. The Morgan fingerprint density at radius 2 is 0.921 bits per heavy atom. The molecule has 0 spiro atoms. The minimum absolute atomic E-state index is 0.0121. The molecular weight excluding hydrogens is 1460 g/mol. The van der Waals surface area contributed by atoms with E-state index in [4.69, 9.17) is 36.1 Å². The zero-order valence-electron chi connectivity index (χ0n) is 68.8. The van der Waals surface area contributed by atoms with Crippen molar-refractivity contribution in [3.8, 4) is 0 Å². The largest absolute Gasteiger partial charge is 0.469 e. The number of amides is 10. The van der Waals surface area contributed by atoms with Crippen LogP contribution in [0.5, 0.6) is 0 Å². The maximum absolute atomic E-state index is 14.7. The van der Waals surface area contributed by atoms with Crippen LogP contribution in [0.2, 0.25) is 0 Å². The van der Waals surface area contributed by atoms with Gasteiger partial charge in [-0.3, -0.25) is 43.2 Å². The number of nitrogens with zero attached hydrogens (tertiary/aromatic N) is 4. The van der Waals surface area contributed by atoms with Gasteiger partial charge in [-0.05, 0) is 171 Å². The van der Waals surface area contributed by atoms with E-state index in [1.165, 1.54) is 28.9 Å². The molecule has 4 heterocycles. The van der Waals surface area contributed by atoms with Gasteiger partial charge in [-0.25, -0.2) is 14.4 Å². The number of likely N-dealkylation sites (tertiary alicyclic amines) is 2. The van der Waals surface area contributed by atoms with Gasteiger partial charge in [0.15, 0.2) is 0 Å². The molecule has 2 fully saturated rings. The molecule has 0 saturated carbocycles. The summed E-state index contributed by atoms with van der Waals surface area (Å²) >= 11 is 0. The van der Waals surface area contributed by atoms with Gasteiger partial charge in [0, 0.05) is 65.1 Å². The Morgan fingerprint density at radius 3 is 1.39 bits per heavy atom. The van der Waals surface area contributed by atoms with Crippen molar-refractivity contribution in [3.05, 3.63) is 143 Å². The maximum atomic E-state index is 14.7. The van der Waals surface area contributed by atoms with Gasteiger partial charge < -0.3 is 87.6 Å². The molecule has 0 aromatic heterocycles. The lowest BCUT2D eigenvalue weighted by molar-refractivity contribution is -0.151. The number of unbranched alkanes of at least 4 members (excludes halogenated alkanes) is 2. The van der Waals surface area contributed by atoms with E-state index < -0.39 is 124 Å². The van der Waals surface area contributed by atoms with Crippen molar-refractivity contribution in [2.24, 2.45) is 34.5 Å². The second-order valence-corrected chi connectivity index (χ2v) is 33.5. The number of ether oxygens (including phenoxy) is 4. The molecule has 0 radical (unpaired) electrons. The van der Waals surface area contributed by atoms with Gasteiger partial charge >= 0.3 is 24.1 Å². The standard InChI is InChI=1S/C48H70N6O10.C37H53N7O6/c1-31(2)26-36(39(55)50-35(22-16-17-24-49-44(60)63-46(3,4)5)41(57)53-25-23-48(9,30-53)43(59)62-10)51-40(56)38-28-33-20-14-15-21-34(33)29-54(38)42(58)37(27-32-18-12-11-13-19-32)52-45(61)64-47(6,7)8;1-24(2)19-30(32(45)41-29(15-9-10-17-38)35(48)43-18-16-37(40,23-43)36(49)50-3)42-33(46)31-21-26-13-7-8-14-27(26)22-44(31)34(47)28(39)20-25-11-5-4-6-12-25/h11-15,18-21,31,35-38H,16-17,22-30H2,1-10H3,(H,49,60)(H,50,55)(H,51,56)(H,52,61);4-8,11-14,24,28-31H,9-10,15-23,38-40H2,1-3H3,(H,41,45)(H,42,46)/t35-,36-,37-,38+,48?;28-,29-,30-,31+,37?/m11/s1. The number of carbonyl (C=O) groups excluding carboxylic acids is 12. The molecular formula is C85H123N13O16. The number of nitrogens with two attached hydrogens (primary N) is 3. The number of esters is 2. The van der Waals surface area contributed by atoms with E-state index in [1.54, 1.807) is 53.4 Å². The summed E-state index contributed by atoms with van der Waals surface area (Å²) in [5.41, 5.74) is 20.0. The average Bonchev–Trinajstić information content (AvgIpc) is 1.11. The van der Waals surface area contributed by atoms with Crippen molar-refractivity contribution in [2.75, 3.05) is 53.5 Å². The first kappa shape index (κ1) is 91.2. The van der Waals surface area contributed by atoms with Crippen molar-refractivity contribution in [2.45, 2.75) is 244 Å². The summed E-state index contributed by atoms with van der Waals surface area (Å²) in [6.07, 6.45) is 3.32. The Morgan fingerprint density at radius 1 is 0.491 bits per heavy atom. The predicted molar refractivity (Wildman–Crippen MR) is 429 cm³/mol. The summed E-state index contributed by atoms with van der Waals surface area (Å²) < 4.78 is 20.7. The van der Waals surface area contributed by atoms with Crippen molar-refractivity contribution in [1.29, 1.82) is 0 Å². The minimum atomic E-state index is -1.32. The second-order valence-electron chi connectivity index (χ2n) is 33.5. The molecule has 10 atom stereocenters. The first-order chi connectivity index (χ1) is 53.8. The lowest BCUT2D eigenvalue weighted by Gasteiger charge is -2.39. The molecule has 114 heavy (non-hydrogen) atoms. The zero-order valence-corrected chi connectivity index (χ0v) is 68.8. The number of methoxy groups -OCH3 is 2. The number of hydrogen-bond acceptors (Lipinski definition) is 19. The predicted octanol–water partition coefficient (Wildman–Crippen LogP) is 5.96. The van der Waals surface area contributed by atoms with E-state index in [0.29, 0.717) is 57.9 Å². The number of rotatable bonds is 32. The summed E-state index contributed by atoms with van der Waals surface area (Å²) in [5, 5.41) is 17.2. The van der Waals surface area contributed by atoms with Gasteiger partial charge in [-0.1, -0.05) is 137 Å². The number of carbonyl (C=O) groups is 12. The van der Waals surface area contributed by atoms with Crippen LogP contribution >= 0.6 is 0 Å². The topological polar surface area (TPSA) is 405 Å². The third-order valence-corrected chi connectivity index (χ3v) is 20.7. The number of fused-ring (bicyclic) bond motifs is 2. The fourth-order valence-corrected chi connectivity index (χ4v) is 14.7. The van der Waals surface area contributed by atoms with Crippen LogP contribution in [-0.2, 0) is 106 Å². The first-order valence-corrected chi connectivity index (χ1v) is 39.8. The quantitative estimate of drug-likeness (QED) is 0.0155. The van der Waals surface area contributed by atoms with Crippen molar-refractivity contribution in [1.82, 2.24) is 51.5 Å². The van der Waals surface area contributed by atoms with E-state index in [2.05, 4.69) is 31.9 Å². The number of nitrogens with one attached hydrogen (secondary N) is 6. The van der Waals surface area contributed by atoms with Gasteiger partial charge in [-0.15, -0.1) is 0 Å². The van der Waals surface area contributed by atoms with Gasteiger partial charge in [0.1, 0.15) is 59.0 Å². The van der Waals surface area contributed by atoms with Crippen molar-refractivity contribution >= 4 is 71.4 Å². The van der Waals surface area contributed by atoms with Crippen LogP contribution in [0.4, 0.5) is 9.59 Å². The Hall–Kier alpha value is -10.0. The molecule has 29 heteroatoms. The minimum Gasteiger partial charge on any atom is -0.469 e. The van der Waals surface area contributed by atoms with Crippen LogP contribution in [0.15, 0.2) is 109 Å². The molecule has 2 saturated heterocycles. The summed E-state index contributed by atoms with van der Waals surface area (Å²) in [6.45, 7) is 21.5. The van der Waals surface area contributed by atoms with E-state index in [-0.39, 0.29) is 114 Å². The lowest BCUT2D eigenvalue weighted by atomic mass is 9.90. The van der Waals surface area contributed by atoms with Crippen LogP contribution in [-0.4, -0.2) is 210 Å². The van der Waals surface area contributed by atoms with Crippen LogP contribution in [0.1, 0.15) is 174 Å². The third-order valence-electron chi connectivity index (χ3n) is 20.7. The molecule has 4 aromatic carbocycles. The van der Waals surface area contributed by atoms with Crippen LogP contribution in [0.3, 0.4) is 0 Å². The Kier molecular flexibility index (Phi) is 33.5. The number of hydrogen-bond donors (Lipinski definition) is 9. The highest BCUT2D eigenvalue weighted by molar-refractivity contribution is 5.98. The SMILES string of the molecule is COC(=O)C1(C)CCN(C(=O)[C@@H](CCCCNC(=O)OC(C)(C)C)NC(=O)[C@@H](CC(C)C)NC(=O)[C@@H]2Cc3ccccc3CN2C(=O)[C@@H](Cc2ccccc2)NC(=O)OC(C)(C)C)C1.COC(=O)C1(N)CCN(C(=O)[C@@H](CCCCN)NC(=O)[C@@H](CC(C)C)NC(=O)[C@@H]2Cc3ccccc3CN2C(=O)[C@H](N)Cc2ccccc2)C1. The lowest BCUT2D eigenvalue weighted by Crippen LogP contribution is -2.61. The normalized spacial score (nSPS) is 19.5. The Bertz CT molecular complexity index is 3960. The Labute approximate surface area is 671 Å². The monoisotopic (exact) mass is 1580 g/mol. The van der Waals surface area contributed by atoms with E-state index >= 15 is 0 Å². The fraction of sp³-hybridized carbons (Fsp3) is 0.576. The summed E-state index contributed by atoms with van der Waals surface area (Å²) in [7, 11) is 2.56. The second kappa shape index (κ2) is 41.9. The fourth-order valence-electron chi connectivity index (χ4n) is 14.7. The van der Waals surface area contributed by atoms with E-state index in [1.807, 2.05) is 137 Å². The third kappa shape index (κ3) is 26.8. The molecule has 0 aliphatic carbocycles. The van der Waals surface area contributed by atoms with Crippen LogP contribution in [0.25, 0.3) is 0 Å². The molecule has 0 bridgehead atoms. The summed E-state index contributed by atoms with van der Waals surface area (Å²) in [4.78, 5) is 170. The molecule has 12 N–H and O–H groups in total. The van der Waals surface area contributed by atoms with Crippen molar-refractivity contribution in [3.63, 3.8) is 0 Å². The molecule has 624 valence electrons. The van der Waals surface area contributed by atoms with Gasteiger partial charge in [-0.2, -0.15) is 0 Å². The van der Waals surface area contributed by atoms with E-state index in [9.17, 15) is 57.5 Å². The average molecular weight is 1580 g/mol. The smallest absolute Gasteiger partial charge is 0.408 e. The first-order valence-electron chi connectivity index (χ1n) is 39.8. The summed E-state index contributed by atoms with van der Waals surface area (Å²) in [6, 6.07) is 25.9. The molecule has 2 unspecified atom stereocenters. The van der Waals surface area contributed by atoms with Crippen molar-refractivity contribution < 1.29 is 76.5 Å². The van der Waals surface area contributed by atoms with E-state index in [0.717, 1.165) is 33.4 Å². The highest BCUT2D eigenvalue weighted by Gasteiger charge is 2.48. The van der Waals surface area contributed by atoms with Crippen LogP contribution in [0, 0.1) is 17.3 Å². The molecule has 10 amide bonds. The highest BCUT2D eigenvalue weighted by Crippen LogP contribution is 2.33. The Balaban J connectivity index is 0.000000325. The van der Waals surface area contributed by atoms with Gasteiger partial charge in [0.2, 0.25) is 47.3 Å². The zero-order chi connectivity index (χ0) is 83.8. The highest BCUT2D eigenvalue weighted by atomic mass is 16.6. The number of alkyl carbamates (subject to hydrolysis) is 2. The molecule has 29 nitrogen and oxygen atoms in total. The van der Waals surface area contributed by atoms with Crippen LogP contribution < -0.4 is 49.1 Å². The molecule has 4 aliphatic heterocycles. The molecule has 4 aliphatic rings. The molecule has 8 rings (SSSR count).